The summed E-state index contributed by atoms with van der Waals surface area (Å²) in [7, 11) is 1.57. The number of ether oxygens (including phenoxy) is 2. The third-order valence-corrected chi connectivity index (χ3v) is 6.58. The number of fused-ring (bicyclic) bond motifs is 1. The Kier molecular flexibility index (Phi) is 5.97. The Labute approximate surface area is 184 Å². The highest BCUT2D eigenvalue weighted by Crippen LogP contribution is 2.39. The summed E-state index contributed by atoms with van der Waals surface area (Å²) in [5.41, 5.74) is 11.8. The van der Waals surface area contributed by atoms with Gasteiger partial charge in [-0.05, 0) is 55.6 Å². The molecule has 7 heteroatoms. The first-order chi connectivity index (χ1) is 14.8. The number of anilines is 1. The molecule has 0 saturated carbocycles. The van der Waals surface area contributed by atoms with E-state index in [1.54, 1.807) is 7.11 Å². The molecule has 168 valence electrons. The molecule has 2 aromatic rings. The van der Waals surface area contributed by atoms with Crippen molar-refractivity contribution >= 4 is 11.6 Å². The van der Waals surface area contributed by atoms with Gasteiger partial charge in [-0.1, -0.05) is 20.8 Å². The lowest BCUT2D eigenvalue weighted by atomic mass is 9.76. The maximum Gasteiger partial charge on any atom is 0.254 e. The van der Waals surface area contributed by atoms with Crippen molar-refractivity contribution in [2.75, 3.05) is 25.6 Å². The molecule has 7 nitrogen and oxygen atoms in total. The van der Waals surface area contributed by atoms with E-state index < -0.39 is 5.91 Å². The van der Waals surface area contributed by atoms with Crippen molar-refractivity contribution in [3.05, 3.63) is 34.6 Å². The molecule has 1 aliphatic heterocycles. The second-order valence-corrected chi connectivity index (χ2v) is 9.44. The fourth-order valence-corrected chi connectivity index (χ4v) is 4.82. The molecule has 3 N–H and O–H groups in total. The number of rotatable bonds is 6. The normalized spacial score (nSPS) is 18.5. The number of methoxy groups -OCH3 is 1. The fourth-order valence-electron chi connectivity index (χ4n) is 4.82. The molecule has 4 rings (SSSR count). The van der Waals surface area contributed by atoms with Crippen molar-refractivity contribution in [2.45, 2.75) is 65.3 Å². The number of hydrogen-bond donors (Lipinski definition) is 2. The van der Waals surface area contributed by atoms with Gasteiger partial charge >= 0.3 is 0 Å². The van der Waals surface area contributed by atoms with Crippen molar-refractivity contribution < 1.29 is 14.3 Å². The summed E-state index contributed by atoms with van der Waals surface area (Å²) in [6.07, 6.45) is 5.86. The first-order valence-electron chi connectivity index (χ1n) is 11.3. The van der Waals surface area contributed by atoms with Gasteiger partial charge < -0.3 is 20.5 Å². The zero-order chi connectivity index (χ0) is 22.2. The lowest BCUT2D eigenvalue weighted by Gasteiger charge is -2.30. The van der Waals surface area contributed by atoms with Gasteiger partial charge in [0.2, 0.25) is 0 Å². The van der Waals surface area contributed by atoms with Crippen LogP contribution in [0.5, 0.6) is 5.75 Å². The van der Waals surface area contributed by atoms with Gasteiger partial charge in [0.1, 0.15) is 11.3 Å². The third-order valence-electron chi connectivity index (χ3n) is 6.58. The minimum absolute atomic E-state index is 0.225. The van der Waals surface area contributed by atoms with Crippen LogP contribution in [0.15, 0.2) is 12.1 Å². The first-order valence-corrected chi connectivity index (χ1v) is 11.3. The summed E-state index contributed by atoms with van der Waals surface area (Å²) in [6, 6.07) is 4.10. The van der Waals surface area contributed by atoms with Gasteiger partial charge in [0.05, 0.1) is 24.2 Å². The van der Waals surface area contributed by atoms with Crippen LogP contribution in [-0.4, -0.2) is 42.1 Å². The molecule has 1 saturated heterocycles. The minimum atomic E-state index is -0.504. The van der Waals surface area contributed by atoms with E-state index in [4.69, 9.17) is 20.3 Å². The van der Waals surface area contributed by atoms with Gasteiger partial charge in [-0.15, -0.1) is 0 Å². The highest BCUT2D eigenvalue weighted by Gasteiger charge is 2.31. The lowest BCUT2D eigenvalue weighted by molar-refractivity contribution is 0.0904. The van der Waals surface area contributed by atoms with Crippen LogP contribution in [-0.2, 0) is 24.0 Å². The number of primary amides is 1. The predicted molar refractivity (Wildman–Crippen MR) is 121 cm³/mol. The predicted octanol–water partition coefficient (Wildman–Crippen LogP) is 3.65. The Bertz CT molecular complexity index is 974. The average Bonchev–Trinajstić information content (AvgIpc) is 3.10. The zero-order valence-corrected chi connectivity index (χ0v) is 19.1. The number of hydrogen-bond acceptors (Lipinski definition) is 5. The molecule has 0 unspecified atom stereocenters. The van der Waals surface area contributed by atoms with E-state index in [0.717, 1.165) is 43.5 Å². The molecule has 1 aromatic heterocycles. The van der Waals surface area contributed by atoms with Crippen LogP contribution in [0.1, 0.15) is 67.3 Å². The molecule has 0 atom stereocenters. The minimum Gasteiger partial charge on any atom is -0.496 e. The van der Waals surface area contributed by atoms with Crippen LogP contribution in [0.4, 0.5) is 5.69 Å². The van der Waals surface area contributed by atoms with E-state index in [2.05, 4.69) is 30.8 Å². The molecular formula is C24H34N4O3. The smallest absolute Gasteiger partial charge is 0.254 e. The molecule has 0 spiro atoms. The average molecular weight is 427 g/mol. The van der Waals surface area contributed by atoms with E-state index in [1.165, 1.54) is 17.7 Å². The fraction of sp³-hybridized carbons (Fsp3) is 0.583. The maximum atomic E-state index is 12.3. The number of carbonyl (C=O) groups excluding carboxylic acids is 1. The Hall–Kier alpha value is -2.54. The summed E-state index contributed by atoms with van der Waals surface area (Å²) >= 11 is 0. The Morgan fingerprint density at radius 2 is 2.10 bits per heavy atom. The summed E-state index contributed by atoms with van der Waals surface area (Å²) < 4.78 is 13.1. The lowest BCUT2D eigenvalue weighted by Crippen LogP contribution is -2.29. The van der Waals surface area contributed by atoms with Crippen LogP contribution in [0.25, 0.3) is 5.69 Å². The Morgan fingerprint density at radius 1 is 1.35 bits per heavy atom. The van der Waals surface area contributed by atoms with Crippen LogP contribution in [0.3, 0.4) is 0 Å². The zero-order valence-electron chi connectivity index (χ0n) is 19.1. The van der Waals surface area contributed by atoms with E-state index in [0.29, 0.717) is 30.2 Å². The molecule has 0 radical (unpaired) electrons. The number of aryl methyl sites for hydroxylation is 1. The molecule has 1 aromatic carbocycles. The highest BCUT2D eigenvalue weighted by molar-refractivity contribution is 6.02. The molecular weight excluding hydrogens is 392 g/mol. The van der Waals surface area contributed by atoms with Crippen molar-refractivity contribution in [1.29, 1.82) is 0 Å². The van der Waals surface area contributed by atoms with Crippen LogP contribution < -0.4 is 15.8 Å². The highest BCUT2D eigenvalue weighted by atomic mass is 16.5. The quantitative estimate of drug-likeness (QED) is 0.736. The second-order valence-electron chi connectivity index (χ2n) is 9.44. The number of benzene rings is 1. The number of aromatic nitrogens is 2. The third kappa shape index (κ3) is 4.28. The summed E-state index contributed by atoms with van der Waals surface area (Å²) in [5, 5.41) is 8.51. The number of nitrogens with one attached hydrogen (secondary N) is 1. The van der Waals surface area contributed by atoms with Gasteiger partial charge in [0.25, 0.3) is 5.91 Å². The largest absolute Gasteiger partial charge is 0.496 e. The number of nitrogens with two attached hydrogens (primary N) is 1. The van der Waals surface area contributed by atoms with Crippen molar-refractivity contribution in [1.82, 2.24) is 9.78 Å². The molecule has 31 heavy (non-hydrogen) atoms. The summed E-state index contributed by atoms with van der Waals surface area (Å²) in [5.74, 6) is -0.0345. The topological polar surface area (TPSA) is 91.4 Å². The molecule has 2 heterocycles. The monoisotopic (exact) mass is 426 g/mol. The van der Waals surface area contributed by atoms with E-state index >= 15 is 0 Å². The molecule has 1 amide bonds. The van der Waals surface area contributed by atoms with E-state index in [-0.39, 0.29) is 11.5 Å². The first kappa shape index (κ1) is 21.7. The van der Waals surface area contributed by atoms with Gasteiger partial charge in [-0.3, -0.25) is 4.79 Å². The van der Waals surface area contributed by atoms with Crippen molar-refractivity contribution in [2.24, 2.45) is 11.1 Å². The molecule has 1 fully saturated rings. The second kappa shape index (κ2) is 8.54. The Balaban J connectivity index is 1.83. The van der Waals surface area contributed by atoms with Crippen LogP contribution in [0, 0.1) is 5.41 Å². The summed E-state index contributed by atoms with van der Waals surface area (Å²) in [4.78, 5) is 12.3. The van der Waals surface area contributed by atoms with Crippen LogP contribution >= 0.6 is 0 Å². The molecule has 0 bridgehead atoms. The molecule has 2 aliphatic rings. The molecule has 1 aliphatic carbocycles. The van der Waals surface area contributed by atoms with Crippen molar-refractivity contribution in [3.63, 3.8) is 0 Å². The van der Waals surface area contributed by atoms with E-state index in [9.17, 15) is 4.79 Å². The van der Waals surface area contributed by atoms with E-state index in [1.807, 2.05) is 12.1 Å². The van der Waals surface area contributed by atoms with Crippen molar-refractivity contribution in [3.8, 4) is 11.4 Å². The van der Waals surface area contributed by atoms with Gasteiger partial charge in [0, 0.05) is 31.0 Å². The Morgan fingerprint density at radius 3 is 2.74 bits per heavy atom. The van der Waals surface area contributed by atoms with Gasteiger partial charge in [0.15, 0.2) is 0 Å². The number of amides is 1. The van der Waals surface area contributed by atoms with Crippen LogP contribution in [0.2, 0.25) is 0 Å². The standard InChI is InChI=1S/C24H34N4O3/c1-5-18-17-6-9-24(2,3)14-20(17)28(27-18)16-12-19(26-15-7-10-31-11-8-15)22(23(25)29)21(13-16)30-4/h12-13,15,26H,5-11,14H2,1-4H3,(H2,25,29). The van der Waals surface area contributed by atoms with Gasteiger partial charge in [-0.25, -0.2) is 4.68 Å². The summed E-state index contributed by atoms with van der Waals surface area (Å²) in [6.45, 7) is 8.20. The number of carbonyl (C=O) groups is 1. The SMILES string of the molecule is CCc1nn(-c2cc(NC3CCOCC3)c(C(N)=O)c(OC)c2)c2c1CCC(C)(C)C2. The maximum absolute atomic E-state index is 12.3. The van der Waals surface area contributed by atoms with Gasteiger partial charge in [-0.2, -0.15) is 5.10 Å². The number of nitrogens with zero attached hydrogens (tertiary/aromatic N) is 2.